The number of aromatic nitrogens is 2. The lowest BCUT2D eigenvalue weighted by Crippen LogP contribution is -2.50. The molecule has 0 saturated carbocycles. The summed E-state index contributed by atoms with van der Waals surface area (Å²) >= 11 is 1.53. The summed E-state index contributed by atoms with van der Waals surface area (Å²) in [6.45, 7) is 10.5. The Morgan fingerprint density at radius 1 is 1.27 bits per heavy atom. The molecule has 0 N–H and O–H groups in total. The first kappa shape index (κ1) is 16.9. The first-order valence-electron chi connectivity index (χ1n) is 7.40. The van der Waals surface area contributed by atoms with Gasteiger partial charge in [-0.25, -0.2) is 14.8 Å². The summed E-state index contributed by atoms with van der Waals surface area (Å²) in [7, 11) is 0. The average molecular weight is 324 g/mol. The minimum Gasteiger partial charge on any atom is -0.444 e. The maximum absolute atomic E-state index is 12.1. The standard InChI is InChI=1S/C15H24N4O2S/c1-11-10-16-13(22-5)17-12(11)18-6-8-19(9-7-18)14(20)21-15(2,3)4/h10H,6-9H2,1-5H3. The molecule has 22 heavy (non-hydrogen) atoms. The summed E-state index contributed by atoms with van der Waals surface area (Å²) in [6.07, 6.45) is 3.58. The van der Waals surface area contributed by atoms with Crippen molar-refractivity contribution in [1.82, 2.24) is 14.9 Å². The number of ether oxygens (including phenoxy) is 1. The third-order valence-electron chi connectivity index (χ3n) is 3.34. The highest BCUT2D eigenvalue weighted by Crippen LogP contribution is 2.21. The fourth-order valence-corrected chi connectivity index (χ4v) is 2.60. The summed E-state index contributed by atoms with van der Waals surface area (Å²) in [5, 5.41) is 0.773. The Hall–Kier alpha value is -1.50. The number of nitrogens with zero attached hydrogens (tertiary/aromatic N) is 4. The van der Waals surface area contributed by atoms with E-state index < -0.39 is 5.60 Å². The summed E-state index contributed by atoms with van der Waals surface area (Å²) in [5.74, 6) is 0.961. The quantitative estimate of drug-likeness (QED) is 0.615. The first-order chi connectivity index (χ1) is 10.3. The fraction of sp³-hybridized carbons (Fsp3) is 0.667. The second-order valence-electron chi connectivity index (χ2n) is 6.32. The van der Waals surface area contributed by atoms with Crippen molar-refractivity contribution in [3.8, 4) is 0 Å². The van der Waals surface area contributed by atoms with Crippen LogP contribution in [-0.4, -0.2) is 59.0 Å². The molecule has 0 spiro atoms. The van der Waals surface area contributed by atoms with Crippen molar-refractivity contribution in [2.24, 2.45) is 0 Å². The number of hydrogen-bond acceptors (Lipinski definition) is 6. The molecule has 1 amide bonds. The van der Waals surface area contributed by atoms with Crippen LogP contribution in [0.5, 0.6) is 0 Å². The third-order valence-corrected chi connectivity index (χ3v) is 3.90. The molecular formula is C15H24N4O2S. The molecular weight excluding hydrogens is 300 g/mol. The van der Waals surface area contributed by atoms with Crippen LogP contribution in [0.15, 0.2) is 11.4 Å². The molecule has 0 aromatic carbocycles. The monoisotopic (exact) mass is 324 g/mol. The second-order valence-corrected chi connectivity index (χ2v) is 7.09. The summed E-state index contributed by atoms with van der Waals surface area (Å²) in [6, 6.07) is 0. The van der Waals surface area contributed by atoms with Gasteiger partial charge in [-0.2, -0.15) is 0 Å². The van der Waals surface area contributed by atoms with E-state index >= 15 is 0 Å². The minimum absolute atomic E-state index is 0.239. The Morgan fingerprint density at radius 2 is 1.91 bits per heavy atom. The normalized spacial score (nSPS) is 15.9. The van der Waals surface area contributed by atoms with Crippen molar-refractivity contribution >= 4 is 23.7 Å². The van der Waals surface area contributed by atoms with E-state index in [1.807, 2.05) is 40.1 Å². The Morgan fingerprint density at radius 3 is 2.45 bits per heavy atom. The summed E-state index contributed by atoms with van der Waals surface area (Å²) in [5.41, 5.74) is 0.605. The van der Waals surface area contributed by atoms with Gasteiger partial charge in [-0.3, -0.25) is 0 Å². The number of thioether (sulfide) groups is 1. The zero-order valence-electron chi connectivity index (χ0n) is 13.9. The predicted molar refractivity (Wildman–Crippen MR) is 88.6 cm³/mol. The molecule has 7 heteroatoms. The van der Waals surface area contributed by atoms with Crippen molar-refractivity contribution < 1.29 is 9.53 Å². The topological polar surface area (TPSA) is 58.6 Å². The molecule has 2 rings (SSSR count). The van der Waals surface area contributed by atoms with Crippen molar-refractivity contribution in [3.63, 3.8) is 0 Å². The van der Waals surface area contributed by atoms with Crippen LogP contribution in [-0.2, 0) is 4.74 Å². The zero-order valence-corrected chi connectivity index (χ0v) is 14.7. The van der Waals surface area contributed by atoms with E-state index in [4.69, 9.17) is 4.74 Å². The number of rotatable bonds is 2. The molecule has 1 aromatic rings. The zero-order chi connectivity index (χ0) is 16.3. The Balaban J connectivity index is 1.99. The molecule has 1 aliphatic heterocycles. The Kier molecular flexibility index (Phi) is 5.16. The van der Waals surface area contributed by atoms with Crippen molar-refractivity contribution in [3.05, 3.63) is 11.8 Å². The highest BCUT2D eigenvalue weighted by atomic mass is 32.2. The van der Waals surface area contributed by atoms with Crippen molar-refractivity contribution in [1.29, 1.82) is 0 Å². The van der Waals surface area contributed by atoms with E-state index in [1.54, 1.807) is 4.90 Å². The van der Waals surface area contributed by atoms with E-state index in [1.165, 1.54) is 11.8 Å². The molecule has 0 radical (unpaired) electrons. The van der Waals surface area contributed by atoms with Crippen LogP contribution in [0.3, 0.4) is 0 Å². The first-order valence-corrected chi connectivity index (χ1v) is 8.63. The highest BCUT2D eigenvalue weighted by Gasteiger charge is 2.26. The van der Waals surface area contributed by atoms with Crippen LogP contribution < -0.4 is 4.90 Å². The molecule has 0 bridgehead atoms. The third kappa shape index (κ3) is 4.25. The number of carbonyl (C=O) groups excluding carboxylic acids is 1. The van der Waals surface area contributed by atoms with E-state index in [9.17, 15) is 4.79 Å². The van der Waals surface area contributed by atoms with E-state index in [0.717, 1.165) is 29.6 Å². The second kappa shape index (κ2) is 6.73. The molecule has 1 saturated heterocycles. The molecule has 6 nitrogen and oxygen atoms in total. The fourth-order valence-electron chi connectivity index (χ4n) is 2.26. The molecule has 0 atom stereocenters. The lowest BCUT2D eigenvalue weighted by molar-refractivity contribution is 0.0240. The Bertz CT molecular complexity index is 537. The molecule has 1 aliphatic rings. The molecule has 2 heterocycles. The van der Waals surface area contributed by atoms with Crippen LogP contribution in [0.25, 0.3) is 0 Å². The average Bonchev–Trinajstić information content (AvgIpc) is 2.46. The largest absolute Gasteiger partial charge is 0.444 e. The van der Waals surface area contributed by atoms with Gasteiger partial charge in [0.25, 0.3) is 0 Å². The Labute approximate surface area is 136 Å². The SMILES string of the molecule is CSc1ncc(C)c(N2CCN(C(=O)OC(C)(C)C)CC2)n1. The van der Waals surface area contributed by atoms with Crippen molar-refractivity contribution in [2.45, 2.75) is 38.5 Å². The maximum Gasteiger partial charge on any atom is 0.410 e. The van der Waals surface area contributed by atoms with Gasteiger partial charge in [-0.05, 0) is 34.0 Å². The molecule has 0 aliphatic carbocycles. The lowest BCUT2D eigenvalue weighted by Gasteiger charge is -2.36. The lowest BCUT2D eigenvalue weighted by atomic mass is 10.2. The van der Waals surface area contributed by atoms with Gasteiger partial charge >= 0.3 is 6.09 Å². The van der Waals surface area contributed by atoms with Crippen LogP contribution >= 0.6 is 11.8 Å². The predicted octanol–water partition coefficient (Wildman–Crippen LogP) is 2.56. The number of hydrogen-bond donors (Lipinski definition) is 0. The van der Waals surface area contributed by atoms with Gasteiger partial charge in [0.15, 0.2) is 5.16 Å². The molecule has 1 fully saturated rings. The van der Waals surface area contributed by atoms with Gasteiger partial charge in [0.1, 0.15) is 11.4 Å². The van der Waals surface area contributed by atoms with E-state index in [2.05, 4.69) is 14.9 Å². The van der Waals surface area contributed by atoms with Gasteiger partial charge in [0, 0.05) is 37.9 Å². The molecule has 0 unspecified atom stereocenters. The summed E-state index contributed by atoms with van der Waals surface area (Å²) < 4.78 is 5.42. The van der Waals surface area contributed by atoms with Gasteiger partial charge in [-0.1, -0.05) is 11.8 Å². The van der Waals surface area contributed by atoms with E-state index in [-0.39, 0.29) is 6.09 Å². The summed E-state index contributed by atoms with van der Waals surface area (Å²) in [4.78, 5) is 24.9. The van der Waals surface area contributed by atoms with Crippen LogP contribution in [0.1, 0.15) is 26.3 Å². The number of anilines is 1. The van der Waals surface area contributed by atoms with Gasteiger partial charge in [-0.15, -0.1) is 0 Å². The van der Waals surface area contributed by atoms with Gasteiger partial charge in [0.05, 0.1) is 0 Å². The maximum atomic E-state index is 12.1. The number of carbonyl (C=O) groups is 1. The van der Waals surface area contributed by atoms with Crippen LogP contribution in [0, 0.1) is 6.92 Å². The number of piperazine rings is 1. The number of amides is 1. The van der Waals surface area contributed by atoms with Crippen LogP contribution in [0.4, 0.5) is 10.6 Å². The smallest absolute Gasteiger partial charge is 0.410 e. The minimum atomic E-state index is -0.454. The van der Waals surface area contributed by atoms with E-state index in [0.29, 0.717) is 13.1 Å². The van der Waals surface area contributed by atoms with Gasteiger partial charge in [0.2, 0.25) is 0 Å². The number of aryl methyl sites for hydroxylation is 1. The van der Waals surface area contributed by atoms with Crippen molar-refractivity contribution in [2.75, 3.05) is 37.3 Å². The van der Waals surface area contributed by atoms with Crippen LogP contribution in [0.2, 0.25) is 0 Å². The van der Waals surface area contributed by atoms with Gasteiger partial charge < -0.3 is 14.5 Å². The highest BCUT2D eigenvalue weighted by molar-refractivity contribution is 7.98. The molecule has 122 valence electrons. The molecule has 1 aromatic heterocycles.